The summed E-state index contributed by atoms with van der Waals surface area (Å²) in [5.74, 6) is -0.208. The number of carbonyl (C=O) groups is 2. The number of piperazine rings is 1. The minimum absolute atomic E-state index is 0.120. The van der Waals surface area contributed by atoms with Crippen LogP contribution in [0.2, 0.25) is 0 Å². The first-order valence-electron chi connectivity index (χ1n) is 10.1. The van der Waals surface area contributed by atoms with Crippen molar-refractivity contribution in [2.75, 3.05) is 0 Å². The van der Waals surface area contributed by atoms with E-state index in [1.807, 2.05) is 0 Å². The first-order chi connectivity index (χ1) is 14.0. The molecule has 2 aromatic rings. The third kappa shape index (κ3) is 5.10. The minimum atomic E-state index is -0.719. The molecule has 0 bridgehead atoms. The Morgan fingerprint density at radius 3 is 2.62 bits per heavy atom. The summed E-state index contributed by atoms with van der Waals surface area (Å²) in [6.45, 7) is 2.34. The van der Waals surface area contributed by atoms with E-state index in [2.05, 4.69) is 12.2 Å². The molecule has 29 heavy (non-hydrogen) atoms. The van der Waals surface area contributed by atoms with Crippen molar-refractivity contribution in [3.05, 3.63) is 47.9 Å². The van der Waals surface area contributed by atoms with Crippen molar-refractivity contribution < 1.29 is 24.2 Å². The number of amides is 2. The molecule has 2 heterocycles. The van der Waals surface area contributed by atoms with Crippen molar-refractivity contribution in [3.8, 4) is 11.5 Å². The predicted octanol–water partition coefficient (Wildman–Crippen LogP) is 3.10. The summed E-state index contributed by atoms with van der Waals surface area (Å²) in [6.07, 6.45) is 6.52. The number of aromatic hydroxyl groups is 2. The van der Waals surface area contributed by atoms with Crippen molar-refractivity contribution in [3.63, 3.8) is 0 Å². The molecule has 0 radical (unpaired) electrons. The molecule has 0 saturated carbocycles. The number of benzene rings is 1. The van der Waals surface area contributed by atoms with Crippen LogP contribution in [0.15, 0.2) is 41.0 Å². The van der Waals surface area contributed by atoms with Crippen LogP contribution in [-0.4, -0.2) is 39.0 Å². The number of carbonyl (C=O) groups excluding carboxylic acids is 2. The molecule has 1 aliphatic heterocycles. The van der Waals surface area contributed by atoms with E-state index in [0.29, 0.717) is 17.7 Å². The highest BCUT2D eigenvalue weighted by Gasteiger charge is 2.40. The lowest BCUT2D eigenvalue weighted by Crippen LogP contribution is -2.63. The van der Waals surface area contributed by atoms with Gasteiger partial charge in [0, 0.05) is 6.42 Å². The molecule has 3 N–H and O–H groups in total. The summed E-state index contributed by atoms with van der Waals surface area (Å²) < 4.78 is 5.40. The number of nitrogens with zero attached hydrogens (tertiary/aromatic N) is 1. The van der Waals surface area contributed by atoms with Crippen molar-refractivity contribution in [1.29, 1.82) is 0 Å². The fourth-order valence-corrected chi connectivity index (χ4v) is 3.68. The highest BCUT2D eigenvalue weighted by molar-refractivity contribution is 5.97. The van der Waals surface area contributed by atoms with Gasteiger partial charge in [-0.05, 0) is 36.2 Å². The monoisotopic (exact) mass is 400 g/mol. The molecule has 1 aliphatic rings. The maximum absolute atomic E-state index is 13.2. The van der Waals surface area contributed by atoms with Gasteiger partial charge in [-0.1, -0.05) is 38.7 Å². The van der Waals surface area contributed by atoms with Crippen molar-refractivity contribution >= 4 is 11.8 Å². The highest BCUT2D eigenvalue weighted by Crippen LogP contribution is 2.27. The summed E-state index contributed by atoms with van der Waals surface area (Å²) in [5, 5.41) is 22.1. The fourth-order valence-electron chi connectivity index (χ4n) is 3.68. The Balaban J connectivity index is 1.78. The van der Waals surface area contributed by atoms with E-state index in [1.54, 1.807) is 29.4 Å². The number of phenolic OH excluding ortho intramolecular Hbond substituents is 2. The van der Waals surface area contributed by atoms with Crippen LogP contribution in [0.3, 0.4) is 0 Å². The van der Waals surface area contributed by atoms with Gasteiger partial charge < -0.3 is 24.8 Å². The molecule has 3 rings (SSSR count). The number of hydrogen-bond donors (Lipinski definition) is 3. The zero-order valence-electron chi connectivity index (χ0n) is 16.6. The Labute approximate surface area is 170 Å². The Morgan fingerprint density at radius 1 is 1.10 bits per heavy atom. The van der Waals surface area contributed by atoms with Gasteiger partial charge >= 0.3 is 0 Å². The second-order valence-electron chi connectivity index (χ2n) is 7.50. The third-order valence-corrected chi connectivity index (χ3v) is 5.30. The quantitative estimate of drug-likeness (QED) is 0.443. The van der Waals surface area contributed by atoms with Crippen LogP contribution < -0.4 is 5.32 Å². The lowest BCUT2D eigenvalue weighted by atomic mass is 9.96. The van der Waals surface area contributed by atoms with Crippen LogP contribution in [0.4, 0.5) is 0 Å². The number of phenols is 2. The molecule has 1 aromatic heterocycles. The Kier molecular flexibility index (Phi) is 6.80. The summed E-state index contributed by atoms with van der Waals surface area (Å²) >= 11 is 0. The smallest absolute Gasteiger partial charge is 0.246 e. The molecule has 2 unspecified atom stereocenters. The van der Waals surface area contributed by atoms with Crippen LogP contribution >= 0.6 is 0 Å². The van der Waals surface area contributed by atoms with E-state index in [-0.39, 0.29) is 36.3 Å². The van der Waals surface area contributed by atoms with Gasteiger partial charge in [0.2, 0.25) is 11.8 Å². The van der Waals surface area contributed by atoms with Crippen LogP contribution in [0.5, 0.6) is 11.5 Å². The zero-order chi connectivity index (χ0) is 20.8. The van der Waals surface area contributed by atoms with Gasteiger partial charge in [-0.25, -0.2) is 0 Å². The van der Waals surface area contributed by atoms with Gasteiger partial charge in [0.05, 0.1) is 12.8 Å². The van der Waals surface area contributed by atoms with Crippen molar-refractivity contribution in [1.82, 2.24) is 10.2 Å². The first-order valence-corrected chi connectivity index (χ1v) is 10.1. The number of unbranched alkanes of at least 4 members (excludes halogenated alkanes) is 3. The second kappa shape index (κ2) is 9.49. The molecular formula is C22H28N2O5. The van der Waals surface area contributed by atoms with E-state index in [0.717, 1.165) is 25.7 Å². The first kappa shape index (κ1) is 20.8. The summed E-state index contributed by atoms with van der Waals surface area (Å²) in [6, 6.07) is 6.70. The molecule has 2 amide bonds. The fraction of sp³-hybridized carbons (Fsp3) is 0.455. The van der Waals surface area contributed by atoms with E-state index in [9.17, 15) is 19.8 Å². The van der Waals surface area contributed by atoms with Crippen LogP contribution in [0.25, 0.3) is 0 Å². The van der Waals surface area contributed by atoms with Gasteiger partial charge in [0.1, 0.15) is 17.8 Å². The molecule has 156 valence electrons. The number of furan rings is 1. The maximum atomic E-state index is 13.2. The lowest BCUT2D eigenvalue weighted by Gasteiger charge is -2.38. The molecule has 7 heteroatoms. The van der Waals surface area contributed by atoms with Gasteiger partial charge in [-0.3, -0.25) is 9.59 Å². The summed E-state index contributed by atoms with van der Waals surface area (Å²) in [7, 11) is 0. The minimum Gasteiger partial charge on any atom is -0.504 e. The van der Waals surface area contributed by atoms with Crippen molar-refractivity contribution in [2.45, 2.75) is 64.1 Å². The van der Waals surface area contributed by atoms with E-state index >= 15 is 0 Å². The normalized spacial score (nSPS) is 19.4. The Bertz CT molecular complexity index is 834. The standard InChI is InChI=1S/C22H28N2O5/c1-2-3-4-5-8-17-22(28)24(14-16-7-6-11-29-16)18(21(27)23-17)12-15-9-10-19(25)20(26)13-15/h6-7,9-11,13,17-18,25-26H,2-5,8,12,14H2,1H3,(H,23,27). The number of hydrogen-bond acceptors (Lipinski definition) is 5. The SMILES string of the molecule is CCCCCCC1NC(=O)C(Cc2ccc(O)c(O)c2)N(Cc2ccco2)C1=O. The molecular weight excluding hydrogens is 372 g/mol. The van der Waals surface area contributed by atoms with Gasteiger partial charge in [0.15, 0.2) is 11.5 Å². The lowest BCUT2D eigenvalue weighted by molar-refractivity contribution is -0.150. The Hall–Kier alpha value is -2.96. The van der Waals surface area contributed by atoms with Crippen molar-refractivity contribution in [2.24, 2.45) is 0 Å². The van der Waals surface area contributed by atoms with Gasteiger partial charge in [-0.15, -0.1) is 0 Å². The average Bonchev–Trinajstić information content (AvgIpc) is 3.21. The molecule has 2 atom stereocenters. The van der Waals surface area contributed by atoms with Crippen LogP contribution in [0, 0.1) is 0 Å². The molecule has 0 spiro atoms. The molecule has 0 aliphatic carbocycles. The number of rotatable bonds is 9. The average molecular weight is 400 g/mol. The largest absolute Gasteiger partial charge is 0.504 e. The van der Waals surface area contributed by atoms with E-state index < -0.39 is 12.1 Å². The van der Waals surface area contributed by atoms with Gasteiger partial charge in [-0.2, -0.15) is 0 Å². The molecule has 1 saturated heterocycles. The molecule has 7 nitrogen and oxygen atoms in total. The van der Waals surface area contributed by atoms with Crippen LogP contribution in [0.1, 0.15) is 50.4 Å². The van der Waals surface area contributed by atoms with Gasteiger partial charge in [0.25, 0.3) is 0 Å². The molecule has 1 aromatic carbocycles. The van der Waals surface area contributed by atoms with Crippen LogP contribution in [-0.2, 0) is 22.6 Å². The van der Waals surface area contributed by atoms with E-state index in [4.69, 9.17) is 4.42 Å². The maximum Gasteiger partial charge on any atom is 0.246 e. The Morgan fingerprint density at radius 2 is 1.93 bits per heavy atom. The summed E-state index contributed by atoms with van der Waals surface area (Å²) in [5.41, 5.74) is 0.652. The number of nitrogens with one attached hydrogen (secondary N) is 1. The third-order valence-electron chi connectivity index (χ3n) is 5.30. The highest BCUT2D eigenvalue weighted by atomic mass is 16.3. The van der Waals surface area contributed by atoms with E-state index in [1.165, 1.54) is 12.1 Å². The molecule has 1 fully saturated rings. The zero-order valence-corrected chi connectivity index (χ0v) is 16.6. The predicted molar refractivity (Wildman–Crippen MR) is 107 cm³/mol. The second-order valence-corrected chi connectivity index (χ2v) is 7.50. The topological polar surface area (TPSA) is 103 Å². The summed E-state index contributed by atoms with van der Waals surface area (Å²) in [4.78, 5) is 27.6.